The molecule has 3 rings (SSSR count). The van der Waals surface area contributed by atoms with Gasteiger partial charge in [0.05, 0.1) is 17.8 Å². The van der Waals surface area contributed by atoms with Gasteiger partial charge in [-0.25, -0.2) is 18.2 Å². The first-order valence-corrected chi connectivity index (χ1v) is 11.8. The summed E-state index contributed by atoms with van der Waals surface area (Å²) >= 11 is 1.36. The Morgan fingerprint density at radius 3 is 2.43 bits per heavy atom. The Morgan fingerprint density at radius 2 is 1.87 bits per heavy atom. The number of hydrogen-bond donors (Lipinski definition) is 0. The topological polar surface area (TPSA) is 110 Å². The molecule has 30 heavy (non-hydrogen) atoms. The summed E-state index contributed by atoms with van der Waals surface area (Å²) < 4.78 is 36.9. The van der Waals surface area contributed by atoms with Gasteiger partial charge < -0.3 is 14.1 Å². The number of aromatic nitrogens is 1. The molecule has 1 aliphatic rings. The summed E-state index contributed by atoms with van der Waals surface area (Å²) in [4.78, 5) is 31.0. The van der Waals surface area contributed by atoms with E-state index in [0.717, 1.165) is 5.01 Å². The fraction of sp³-hybridized carbons (Fsp3) is 0.526. The van der Waals surface area contributed by atoms with Crippen molar-refractivity contribution in [3.05, 3.63) is 34.0 Å². The van der Waals surface area contributed by atoms with E-state index in [-0.39, 0.29) is 55.0 Å². The number of esters is 1. The van der Waals surface area contributed by atoms with E-state index in [1.807, 2.05) is 20.8 Å². The molecule has 9 nitrogen and oxygen atoms in total. The molecule has 1 fully saturated rings. The third-order valence-electron chi connectivity index (χ3n) is 4.54. The van der Waals surface area contributed by atoms with Gasteiger partial charge in [0.2, 0.25) is 10.9 Å². The summed E-state index contributed by atoms with van der Waals surface area (Å²) in [6.45, 7) is 8.69. The third-order valence-corrected chi connectivity index (χ3v) is 7.72. The van der Waals surface area contributed by atoms with Crippen LogP contribution in [0.1, 0.15) is 52.9 Å². The molecule has 0 bridgehead atoms. The summed E-state index contributed by atoms with van der Waals surface area (Å²) in [6, 6.07) is 2.52. The van der Waals surface area contributed by atoms with E-state index in [1.165, 1.54) is 27.8 Å². The molecule has 164 valence electrons. The molecule has 0 atom stereocenters. The number of piperazine rings is 1. The second-order valence-corrected chi connectivity index (χ2v) is 10.7. The number of furan rings is 1. The molecule has 0 aliphatic carbocycles. The van der Waals surface area contributed by atoms with Gasteiger partial charge in [-0.15, -0.1) is 11.3 Å². The fourth-order valence-corrected chi connectivity index (χ4v) is 5.18. The van der Waals surface area contributed by atoms with Gasteiger partial charge in [0.25, 0.3) is 15.9 Å². The van der Waals surface area contributed by atoms with Crippen LogP contribution < -0.4 is 0 Å². The molecule has 2 aromatic heterocycles. The maximum Gasteiger partial charge on any atom is 0.374 e. The zero-order valence-electron chi connectivity index (χ0n) is 17.4. The van der Waals surface area contributed by atoms with Crippen LogP contribution in [0.3, 0.4) is 0 Å². The Balaban J connectivity index is 1.65. The van der Waals surface area contributed by atoms with E-state index in [9.17, 15) is 18.0 Å². The highest BCUT2D eigenvalue weighted by Crippen LogP contribution is 2.28. The lowest BCUT2D eigenvalue weighted by Gasteiger charge is -2.33. The summed E-state index contributed by atoms with van der Waals surface area (Å²) in [5.74, 6) is -1.03. The van der Waals surface area contributed by atoms with Crippen molar-refractivity contribution in [2.45, 2.75) is 38.2 Å². The van der Waals surface area contributed by atoms with Crippen LogP contribution in [0.5, 0.6) is 0 Å². The fourth-order valence-electron chi connectivity index (χ4n) is 2.91. The van der Waals surface area contributed by atoms with Gasteiger partial charge in [-0.05, 0) is 19.1 Å². The molecule has 0 N–H and O–H groups in total. The number of amides is 1. The molecule has 2 aromatic rings. The molecule has 0 unspecified atom stereocenters. The van der Waals surface area contributed by atoms with Crippen LogP contribution in [-0.2, 0) is 20.2 Å². The van der Waals surface area contributed by atoms with E-state index in [1.54, 1.807) is 18.0 Å². The van der Waals surface area contributed by atoms with Crippen molar-refractivity contribution in [1.82, 2.24) is 14.2 Å². The molecule has 0 radical (unpaired) electrons. The van der Waals surface area contributed by atoms with Gasteiger partial charge in [-0.2, -0.15) is 4.31 Å². The number of thiazole rings is 1. The minimum absolute atomic E-state index is 0.133. The average Bonchev–Trinajstić information content (AvgIpc) is 3.37. The van der Waals surface area contributed by atoms with Crippen molar-refractivity contribution >= 4 is 33.2 Å². The highest BCUT2D eigenvalue weighted by Gasteiger charge is 2.34. The van der Waals surface area contributed by atoms with E-state index < -0.39 is 16.0 Å². The SMILES string of the molecule is CCOC(=O)c1ccc(S(=O)(=O)N2CCN(C(=O)c3cnc(C(C)(C)C)s3)CC2)o1. The number of hydrogen-bond acceptors (Lipinski definition) is 8. The standard InChI is InChI=1S/C19H25N3O6S2/c1-5-27-17(24)13-6-7-15(28-13)30(25,26)22-10-8-21(9-11-22)16(23)14-12-20-18(29-14)19(2,3)4/h6-7,12H,5,8-11H2,1-4H3. The number of sulfonamides is 1. The van der Waals surface area contributed by atoms with Gasteiger partial charge in [0.15, 0.2) is 0 Å². The lowest BCUT2D eigenvalue weighted by Crippen LogP contribution is -2.50. The lowest BCUT2D eigenvalue weighted by atomic mass is 9.98. The Morgan fingerprint density at radius 1 is 1.20 bits per heavy atom. The molecule has 1 aliphatic heterocycles. The van der Waals surface area contributed by atoms with Crippen molar-refractivity contribution in [2.75, 3.05) is 32.8 Å². The zero-order chi connectivity index (χ0) is 22.1. The molecule has 1 saturated heterocycles. The quantitative estimate of drug-likeness (QED) is 0.637. The largest absolute Gasteiger partial charge is 0.460 e. The van der Waals surface area contributed by atoms with Crippen molar-refractivity contribution < 1.29 is 27.2 Å². The first-order valence-electron chi connectivity index (χ1n) is 9.56. The van der Waals surface area contributed by atoms with Crippen LogP contribution in [0.25, 0.3) is 0 Å². The first kappa shape index (κ1) is 22.4. The van der Waals surface area contributed by atoms with Gasteiger partial charge in [0.1, 0.15) is 4.88 Å². The summed E-state index contributed by atoms with van der Waals surface area (Å²) in [5, 5.41) is 0.560. The highest BCUT2D eigenvalue weighted by molar-refractivity contribution is 7.89. The normalized spacial score (nSPS) is 15.9. The van der Waals surface area contributed by atoms with Gasteiger partial charge in [-0.1, -0.05) is 20.8 Å². The molecule has 11 heteroatoms. The second kappa shape index (κ2) is 8.48. The van der Waals surface area contributed by atoms with Crippen LogP contribution in [-0.4, -0.2) is 67.3 Å². The smallest absolute Gasteiger partial charge is 0.374 e. The summed E-state index contributed by atoms with van der Waals surface area (Å²) in [7, 11) is -3.91. The Labute approximate surface area is 179 Å². The van der Waals surface area contributed by atoms with Crippen LogP contribution in [0.2, 0.25) is 0 Å². The molecule has 0 saturated carbocycles. The van der Waals surface area contributed by atoms with Crippen LogP contribution in [0, 0.1) is 0 Å². The van der Waals surface area contributed by atoms with Crippen LogP contribution in [0.15, 0.2) is 27.8 Å². The van der Waals surface area contributed by atoms with Crippen molar-refractivity contribution in [2.24, 2.45) is 0 Å². The predicted octanol–water partition coefficient (Wildman–Crippen LogP) is 2.36. The highest BCUT2D eigenvalue weighted by atomic mass is 32.2. The van der Waals surface area contributed by atoms with Crippen LogP contribution >= 0.6 is 11.3 Å². The average molecular weight is 456 g/mol. The molecule has 0 aromatic carbocycles. The zero-order valence-corrected chi connectivity index (χ0v) is 19.0. The van der Waals surface area contributed by atoms with E-state index >= 15 is 0 Å². The van der Waals surface area contributed by atoms with Gasteiger partial charge >= 0.3 is 5.97 Å². The predicted molar refractivity (Wildman–Crippen MR) is 110 cm³/mol. The van der Waals surface area contributed by atoms with Crippen molar-refractivity contribution in [3.8, 4) is 0 Å². The van der Waals surface area contributed by atoms with E-state index in [2.05, 4.69) is 4.98 Å². The molecule has 1 amide bonds. The number of nitrogens with zero attached hydrogens (tertiary/aromatic N) is 3. The minimum Gasteiger partial charge on any atom is -0.460 e. The number of carbonyl (C=O) groups is 2. The molecule has 3 heterocycles. The first-order chi connectivity index (χ1) is 14.0. The van der Waals surface area contributed by atoms with E-state index in [4.69, 9.17) is 9.15 Å². The van der Waals surface area contributed by atoms with Crippen molar-refractivity contribution in [1.29, 1.82) is 0 Å². The van der Waals surface area contributed by atoms with Gasteiger partial charge in [-0.3, -0.25) is 4.79 Å². The Bertz CT molecular complexity index is 1030. The maximum atomic E-state index is 12.8. The van der Waals surface area contributed by atoms with E-state index in [0.29, 0.717) is 4.88 Å². The van der Waals surface area contributed by atoms with Crippen LogP contribution in [0.4, 0.5) is 0 Å². The maximum absolute atomic E-state index is 12.8. The van der Waals surface area contributed by atoms with Crippen molar-refractivity contribution in [3.63, 3.8) is 0 Å². The minimum atomic E-state index is -3.91. The molecular formula is C19H25N3O6S2. The third kappa shape index (κ3) is 4.57. The monoisotopic (exact) mass is 455 g/mol. The number of ether oxygens (including phenoxy) is 1. The number of carbonyl (C=O) groups excluding carboxylic acids is 2. The summed E-state index contributed by atoms with van der Waals surface area (Å²) in [5.41, 5.74) is -0.137. The molecule has 0 spiro atoms. The number of rotatable bonds is 5. The lowest BCUT2D eigenvalue weighted by molar-refractivity contribution is 0.0483. The summed E-state index contributed by atoms with van der Waals surface area (Å²) in [6.07, 6.45) is 1.58. The van der Waals surface area contributed by atoms with Gasteiger partial charge in [0, 0.05) is 31.6 Å². The molecular weight excluding hydrogens is 430 g/mol. The Kier molecular flexibility index (Phi) is 6.34. The second-order valence-electron chi connectivity index (χ2n) is 7.82. The Hall–Kier alpha value is -2.24.